The van der Waals surface area contributed by atoms with E-state index in [-0.39, 0.29) is 94.2 Å². The third kappa shape index (κ3) is 12.3. The second-order valence-electron chi connectivity index (χ2n) is 13.9. The number of nitrogens with zero attached hydrogens (tertiary/aromatic N) is 3. The molecule has 2 aliphatic rings. The number of ether oxygens (including phenoxy) is 4. The van der Waals surface area contributed by atoms with E-state index in [1.165, 1.54) is 25.2 Å². The molecule has 340 valence electrons. The minimum absolute atomic E-state index is 0.00152. The van der Waals surface area contributed by atoms with Crippen LogP contribution in [0, 0.1) is 5.82 Å². The Labute approximate surface area is 354 Å². The standard InChI is InChI=1S/C40H42F7N7O9/c1-52(25-7-5-24(41)6-8-25)35-27(19-23(39(42,43)44)20-28(35)40(45,46)47)29(48)21-53(49)11-12-60-13-14-61-15-16-62-17-18-63-22-33(56)50-30-4-2-3-26-34(30)38(59)54(37(26)58)31-9-10-32(55)51-36(31)57/h2-8,19-21,31H,9-18,22,48-49H2,1H3,(H,50,56)(H,51,55,57)/b29-21-. The number of carbonyl (C=O) groups excluding carboxylic acids is 5. The number of anilines is 3. The molecular weight excluding hydrogens is 855 g/mol. The molecule has 23 heteroatoms. The predicted octanol–water partition coefficient (Wildman–Crippen LogP) is 4.17. The molecule has 2 heterocycles. The number of hydrogen-bond acceptors (Lipinski definition) is 13. The molecule has 1 atom stereocenters. The number of alkyl halides is 6. The van der Waals surface area contributed by atoms with Crippen LogP contribution in [0.15, 0.2) is 60.8 Å². The molecule has 16 nitrogen and oxygen atoms in total. The highest BCUT2D eigenvalue weighted by Gasteiger charge is 2.46. The van der Waals surface area contributed by atoms with Crippen LogP contribution in [0.3, 0.4) is 0 Å². The Morgan fingerprint density at radius 1 is 0.873 bits per heavy atom. The summed E-state index contributed by atoms with van der Waals surface area (Å²) in [4.78, 5) is 64.3. The molecule has 2 aliphatic heterocycles. The van der Waals surface area contributed by atoms with E-state index in [4.69, 9.17) is 30.5 Å². The summed E-state index contributed by atoms with van der Waals surface area (Å²) in [6.45, 7) is 0.0813. The average molecular weight is 898 g/mol. The first-order valence-electron chi connectivity index (χ1n) is 19.0. The van der Waals surface area contributed by atoms with Crippen LogP contribution in [0.25, 0.3) is 5.70 Å². The van der Waals surface area contributed by atoms with Crippen molar-refractivity contribution in [3.05, 3.63) is 94.4 Å². The fourth-order valence-electron chi connectivity index (χ4n) is 6.50. The minimum atomic E-state index is -5.24. The summed E-state index contributed by atoms with van der Waals surface area (Å²) < 4.78 is 119. The van der Waals surface area contributed by atoms with Gasteiger partial charge in [-0.25, -0.2) is 10.2 Å². The Hall–Kier alpha value is -6.14. The molecule has 3 aromatic rings. The van der Waals surface area contributed by atoms with Crippen LogP contribution in [-0.2, 0) is 45.7 Å². The molecule has 6 N–H and O–H groups in total. The zero-order valence-electron chi connectivity index (χ0n) is 33.4. The number of piperidine rings is 1. The molecule has 0 aromatic heterocycles. The van der Waals surface area contributed by atoms with E-state index in [1.54, 1.807) is 0 Å². The van der Waals surface area contributed by atoms with Crippen molar-refractivity contribution in [2.24, 2.45) is 11.6 Å². The van der Waals surface area contributed by atoms with Crippen molar-refractivity contribution < 1.29 is 73.7 Å². The summed E-state index contributed by atoms with van der Waals surface area (Å²) in [5.41, 5.74) is 0.996. The maximum atomic E-state index is 14.2. The third-order valence-corrected chi connectivity index (χ3v) is 9.49. The summed E-state index contributed by atoms with van der Waals surface area (Å²) in [6, 6.07) is 7.84. The Bertz CT molecular complexity index is 2210. The molecule has 0 saturated carbocycles. The van der Waals surface area contributed by atoms with Crippen molar-refractivity contribution in [1.82, 2.24) is 15.2 Å². The Kier molecular flexibility index (Phi) is 15.8. The van der Waals surface area contributed by atoms with Crippen LogP contribution in [0.2, 0.25) is 0 Å². The van der Waals surface area contributed by atoms with Gasteiger partial charge in [-0.3, -0.25) is 34.2 Å². The van der Waals surface area contributed by atoms with E-state index in [1.807, 2.05) is 0 Å². The van der Waals surface area contributed by atoms with E-state index >= 15 is 0 Å². The van der Waals surface area contributed by atoms with Crippen molar-refractivity contribution in [1.29, 1.82) is 0 Å². The number of rotatable bonds is 20. The summed E-state index contributed by atoms with van der Waals surface area (Å²) in [5, 5.41) is 5.58. The van der Waals surface area contributed by atoms with E-state index < -0.39 is 88.4 Å². The predicted molar refractivity (Wildman–Crippen MR) is 209 cm³/mol. The third-order valence-electron chi connectivity index (χ3n) is 9.49. The number of fused-ring (bicyclic) bond motifs is 1. The van der Waals surface area contributed by atoms with Gasteiger partial charge in [0.05, 0.1) is 92.1 Å². The van der Waals surface area contributed by atoms with Gasteiger partial charge in [-0.15, -0.1) is 0 Å². The summed E-state index contributed by atoms with van der Waals surface area (Å²) in [7, 11) is 1.17. The molecule has 0 spiro atoms. The molecule has 63 heavy (non-hydrogen) atoms. The normalized spacial score (nSPS) is 15.7. The van der Waals surface area contributed by atoms with Crippen LogP contribution in [0.5, 0.6) is 0 Å². The van der Waals surface area contributed by atoms with Crippen LogP contribution in [0.1, 0.15) is 50.2 Å². The smallest absolute Gasteiger partial charge is 0.397 e. The number of hydrogen-bond donors (Lipinski definition) is 4. The second-order valence-corrected chi connectivity index (χ2v) is 13.9. The van der Waals surface area contributed by atoms with Gasteiger partial charge in [-0.1, -0.05) is 6.07 Å². The first kappa shape index (κ1) is 47.9. The van der Waals surface area contributed by atoms with Crippen molar-refractivity contribution in [3.8, 4) is 0 Å². The van der Waals surface area contributed by atoms with Gasteiger partial charge in [0.15, 0.2) is 0 Å². The first-order chi connectivity index (χ1) is 29.8. The lowest BCUT2D eigenvalue weighted by atomic mass is 9.98. The lowest BCUT2D eigenvalue weighted by Gasteiger charge is -2.28. The lowest BCUT2D eigenvalue weighted by molar-refractivity contribution is -0.143. The van der Waals surface area contributed by atoms with Crippen LogP contribution < -0.4 is 27.1 Å². The number of hydrazine groups is 1. The zero-order valence-corrected chi connectivity index (χ0v) is 33.4. The zero-order chi connectivity index (χ0) is 46.1. The van der Waals surface area contributed by atoms with E-state index in [9.17, 15) is 54.7 Å². The molecule has 1 unspecified atom stereocenters. The van der Waals surface area contributed by atoms with Crippen LogP contribution >= 0.6 is 0 Å². The largest absolute Gasteiger partial charge is 0.418 e. The van der Waals surface area contributed by atoms with Crippen molar-refractivity contribution >= 4 is 52.3 Å². The van der Waals surface area contributed by atoms with Gasteiger partial charge < -0.3 is 39.9 Å². The Morgan fingerprint density at radius 2 is 1.49 bits per heavy atom. The lowest BCUT2D eigenvalue weighted by Crippen LogP contribution is -2.54. The van der Waals surface area contributed by atoms with E-state index in [0.717, 1.165) is 45.3 Å². The summed E-state index contributed by atoms with van der Waals surface area (Å²) in [5.74, 6) is 1.86. The average Bonchev–Trinajstić information content (AvgIpc) is 3.47. The molecule has 0 radical (unpaired) electrons. The number of carbonyl (C=O) groups is 5. The summed E-state index contributed by atoms with van der Waals surface area (Å²) in [6.07, 6.45) is -9.49. The molecule has 1 fully saturated rings. The molecule has 1 saturated heterocycles. The van der Waals surface area contributed by atoms with Crippen molar-refractivity contribution in [3.63, 3.8) is 0 Å². The summed E-state index contributed by atoms with van der Waals surface area (Å²) >= 11 is 0. The number of nitrogens with one attached hydrogen (secondary N) is 2. The van der Waals surface area contributed by atoms with Gasteiger partial charge in [0, 0.05) is 30.9 Å². The van der Waals surface area contributed by atoms with Gasteiger partial charge in [0.25, 0.3) is 11.8 Å². The number of halogens is 7. The topological polar surface area (TPSA) is 208 Å². The van der Waals surface area contributed by atoms with Crippen molar-refractivity contribution in [2.75, 3.05) is 76.7 Å². The highest BCUT2D eigenvalue weighted by Crippen LogP contribution is 2.45. The van der Waals surface area contributed by atoms with Gasteiger partial charge in [-0.05, 0) is 55.0 Å². The van der Waals surface area contributed by atoms with Crippen LogP contribution in [-0.4, -0.2) is 112 Å². The molecule has 5 amide bonds. The fourth-order valence-corrected chi connectivity index (χ4v) is 6.50. The van der Waals surface area contributed by atoms with E-state index in [2.05, 4.69) is 10.6 Å². The van der Waals surface area contributed by atoms with Crippen LogP contribution in [0.4, 0.5) is 47.8 Å². The number of nitrogens with two attached hydrogens (primary N) is 2. The highest BCUT2D eigenvalue weighted by atomic mass is 19.4. The number of amides is 5. The van der Waals surface area contributed by atoms with E-state index in [0.29, 0.717) is 6.07 Å². The molecule has 5 rings (SSSR count). The molecular formula is C40H42F7N7O9. The maximum Gasteiger partial charge on any atom is 0.418 e. The van der Waals surface area contributed by atoms with Crippen molar-refractivity contribution in [2.45, 2.75) is 31.2 Å². The Morgan fingerprint density at radius 3 is 2.10 bits per heavy atom. The molecule has 0 bridgehead atoms. The molecule has 3 aromatic carbocycles. The van der Waals surface area contributed by atoms with Gasteiger partial charge in [0.1, 0.15) is 18.5 Å². The quantitative estimate of drug-likeness (QED) is 0.0414. The van der Waals surface area contributed by atoms with Gasteiger partial charge in [0.2, 0.25) is 17.7 Å². The highest BCUT2D eigenvalue weighted by molar-refractivity contribution is 6.26. The maximum absolute atomic E-state index is 14.2. The monoisotopic (exact) mass is 897 g/mol. The van der Waals surface area contributed by atoms with Gasteiger partial charge in [-0.2, -0.15) is 26.3 Å². The number of benzene rings is 3. The van der Waals surface area contributed by atoms with Gasteiger partial charge >= 0.3 is 12.4 Å². The number of imide groups is 2. The molecule has 0 aliphatic carbocycles. The second kappa shape index (κ2) is 20.8. The SMILES string of the molecule is CN(c1ccc(F)cc1)c1c(/C(N)=C/N(N)CCOCCOCCOCCOCC(=O)Nc2cccc3c2C(=O)N(C2CCC(=O)NC2=O)C3=O)cc(C(F)(F)F)cc1C(F)(F)F. The minimum Gasteiger partial charge on any atom is -0.397 e. The first-order valence-corrected chi connectivity index (χ1v) is 19.0. The fraction of sp³-hybridized carbons (Fsp3) is 0.375. The Balaban J connectivity index is 0.993.